The average molecular weight is 158 g/mol. The molecule has 1 aromatic heterocycles. The monoisotopic (exact) mass is 158 g/mol. The van der Waals surface area contributed by atoms with Gasteiger partial charge in [0.05, 0.1) is 6.57 Å². The molecule has 2 nitrogen and oxygen atoms in total. The Hall–Kier alpha value is -1.36. The van der Waals surface area contributed by atoms with E-state index < -0.39 is 0 Å². The first-order valence-corrected chi connectivity index (χ1v) is 4.25. The summed E-state index contributed by atoms with van der Waals surface area (Å²) in [5.41, 5.74) is 3.17. The highest BCUT2D eigenvalue weighted by molar-refractivity contribution is 5.46. The van der Waals surface area contributed by atoms with E-state index in [-0.39, 0.29) is 0 Å². The molecule has 60 valence electrons. The summed E-state index contributed by atoms with van der Waals surface area (Å²) in [4.78, 5) is 7.64. The Morgan fingerprint density at radius 2 is 2.17 bits per heavy atom. The van der Waals surface area contributed by atoms with Gasteiger partial charge < -0.3 is 0 Å². The maximum atomic E-state index is 6.85. The van der Waals surface area contributed by atoms with Crippen LogP contribution >= 0.6 is 0 Å². The van der Waals surface area contributed by atoms with Gasteiger partial charge >= 0.3 is 0 Å². The van der Waals surface area contributed by atoms with Crippen molar-refractivity contribution in [2.75, 3.05) is 0 Å². The minimum Gasteiger partial charge on any atom is -0.273 e. The average Bonchev–Trinajstić information content (AvgIpc) is 2.17. The molecular weight excluding hydrogens is 148 g/mol. The van der Waals surface area contributed by atoms with Crippen molar-refractivity contribution in [3.63, 3.8) is 0 Å². The van der Waals surface area contributed by atoms with Crippen molar-refractivity contribution in [3.05, 3.63) is 34.9 Å². The summed E-state index contributed by atoms with van der Waals surface area (Å²) >= 11 is 0. The summed E-state index contributed by atoms with van der Waals surface area (Å²) in [6.45, 7) is 6.85. The summed E-state index contributed by atoms with van der Waals surface area (Å²) in [5.74, 6) is 0. The second kappa shape index (κ2) is 2.94. The minimum atomic E-state index is 0.677. The zero-order valence-electron chi connectivity index (χ0n) is 6.88. The van der Waals surface area contributed by atoms with Gasteiger partial charge in [0.2, 0.25) is 5.69 Å². The van der Waals surface area contributed by atoms with Crippen LogP contribution in [0.1, 0.15) is 24.1 Å². The van der Waals surface area contributed by atoms with Gasteiger partial charge in [0.1, 0.15) is 0 Å². The quantitative estimate of drug-likeness (QED) is 0.530. The lowest BCUT2D eigenvalue weighted by Crippen LogP contribution is -2.03. The van der Waals surface area contributed by atoms with Crippen LogP contribution in [0, 0.1) is 6.57 Å². The first-order chi connectivity index (χ1) is 5.90. The SMILES string of the molecule is [C-]#[N+]c1cnc2c(c1)CCCC2. The van der Waals surface area contributed by atoms with Crippen LogP contribution < -0.4 is 0 Å². The van der Waals surface area contributed by atoms with Gasteiger partial charge in [-0.15, -0.1) is 0 Å². The number of fused-ring (bicyclic) bond motifs is 1. The number of hydrogen-bond donors (Lipinski definition) is 0. The predicted octanol–water partition coefficient (Wildman–Crippen LogP) is 2.51. The normalized spacial score (nSPS) is 14.9. The Kier molecular flexibility index (Phi) is 1.79. The molecule has 0 aromatic carbocycles. The Balaban J connectivity index is 2.44. The van der Waals surface area contributed by atoms with Gasteiger partial charge in [0, 0.05) is 11.9 Å². The molecule has 0 fully saturated rings. The molecule has 1 aliphatic carbocycles. The van der Waals surface area contributed by atoms with E-state index in [0.717, 1.165) is 12.8 Å². The fourth-order valence-corrected chi connectivity index (χ4v) is 1.64. The molecule has 2 heteroatoms. The van der Waals surface area contributed by atoms with Gasteiger partial charge in [-0.2, -0.15) is 0 Å². The van der Waals surface area contributed by atoms with Gasteiger partial charge in [-0.25, -0.2) is 4.85 Å². The third-order valence-electron chi connectivity index (χ3n) is 2.28. The van der Waals surface area contributed by atoms with Crippen molar-refractivity contribution in [1.29, 1.82) is 0 Å². The molecule has 2 rings (SSSR count). The lowest BCUT2D eigenvalue weighted by atomic mass is 9.96. The van der Waals surface area contributed by atoms with E-state index in [9.17, 15) is 0 Å². The highest BCUT2D eigenvalue weighted by atomic mass is 14.7. The van der Waals surface area contributed by atoms with Crippen LogP contribution in [0.15, 0.2) is 12.3 Å². The molecule has 0 unspecified atom stereocenters. The van der Waals surface area contributed by atoms with E-state index in [0.29, 0.717) is 5.69 Å². The van der Waals surface area contributed by atoms with Crippen LogP contribution in [0.25, 0.3) is 4.85 Å². The number of aromatic nitrogens is 1. The maximum Gasteiger partial charge on any atom is 0.205 e. The molecule has 0 aliphatic heterocycles. The third-order valence-corrected chi connectivity index (χ3v) is 2.28. The number of rotatable bonds is 0. The Labute approximate surface area is 72.1 Å². The first kappa shape index (κ1) is 7.30. The molecule has 0 amide bonds. The summed E-state index contributed by atoms with van der Waals surface area (Å²) in [6.07, 6.45) is 6.37. The van der Waals surface area contributed by atoms with Crippen LogP contribution in [0.5, 0.6) is 0 Å². The fourth-order valence-electron chi connectivity index (χ4n) is 1.64. The van der Waals surface area contributed by atoms with Crippen molar-refractivity contribution in [1.82, 2.24) is 4.98 Å². The van der Waals surface area contributed by atoms with Crippen LogP contribution in [-0.2, 0) is 12.8 Å². The molecule has 0 atom stereocenters. The molecule has 12 heavy (non-hydrogen) atoms. The predicted molar refractivity (Wildman–Crippen MR) is 47.1 cm³/mol. The topological polar surface area (TPSA) is 17.2 Å². The Morgan fingerprint density at radius 1 is 1.33 bits per heavy atom. The van der Waals surface area contributed by atoms with Crippen molar-refractivity contribution < 1.29 is 0 Å². The number of pyridine rings is 1. The van der Waals surface area contributed by atoms with Gasteiger partial charge in [-0.05, 0) is 37.3 Å². The lowest BCUT2D eigenvalue weighted by molar-refractivity contribution is 0.668. The standard InChI is InChI=1S/C10H10N2/c1-11-9-6-8-4-2-3-5-10(8)12-7-9/h6-7H,2-5H2. The zero-order chi connectivity index (χ0) is 8.39. The molecule has 1 aromatic rings. The molecule has 1 heterocycles. The zero-order valence-corrected chi connectivity index (χ0v) is 6.88. The van der Waals surface area contributed by atoms with Gasteiger partial charge in [-0.1, -0.05) is 0 Å². The molecule has 0 N–H and O–H groups in total. The van der Waals surface area contributed by atoms with Crippen LogP contribution in [0.4, 0.5) is 5.69 Å². The van der Waals surface area contributed by atoms with E-state index in [1.54, 1.807) is 6.20 Å². The Morgan fingerprint density at radius 3 is 3.00 bits per heavy atom. The Bertz CT molecular complexity index is 336. The lowest BCUT2D eigenvalue weighted by Gasteiger charge is -2.13. The summed E-state index contributed by atoms with van der Waals surface area (Å²) in [6, 6.07) is 1.98. The van der Waals surface area contributed by atoms with Gasteiger partial charge in [0.15, 0.2) is 0 Å². The van der Waals surface area contributed by atoms with E-state index >= 15 is 0 Å². The molecule has 0 saturated carbocycles. The molecule has 0 spiro atoms. The maximum absolute atomic E-state index is 6.85. The molecule has 1 aliphatic rings. The number of aryl methyl sites for hydroxylation is 2. The van der Waals surface area contributed by atoms with E-state index in [1.165, 1.54) is 24.1 Å². The highest BCUT2D eigenvalue weighted by Gasteiger charge is 2.09. The smallest absolute Gasteiger partial charge is 0.205 e. The van der Waals surface area contributed by atoms with Gasteiger partial charge in [0.25, 0.3) is 0 Å². The summed E-state index contributed by atoms with van der Waals surface area (Å²) in [5, 5.41) is 0. The van der Waals surface area contributed by atoms with E-state index in [1.807, 2.05) is 6.07 Å². The second-order valence-corrected chi connectivity index (χ2v) is 3.12. The third kappa shape index (κ3) is 1.18. The molecule has 0 radical (unpaired) electrons. The van der Waals surface area contributed by atoms with Crippen LogP contribution in [-0.4, -0.2) is 4.98 Å². The van der Waals surface area contributed by atoms with E-state index in [2.05, 4.69) is 9.83 Å². The summed E-state index contributed by atoms with van der Waals surface area (Å²) in [7, 11) is 0. The van der Waals surface area contributed by atoms with Crippen molar-refractivity contribution in [3.8, 4) is 0 Å². The van der Waals surface area contributed by atoms with E-state index in [4.69, 9.17) is 6.57 Å². The second-order valence-electron chi connectivity index (χ2n) is 3.12. The van der Waals surface area contributed by atoms with Crippen molar-refractivity contribution >= 4 is 5.69 Å². The number of hydrogen-bond acceptors (Lipinski definition) is 1. The highest BCUT2D eigenvalue weighted by Crippen LogP contribution is 2.22. The van der Waals surface area contributed by atoms with Crippen LogP contribution in [0.3, 0.4) is 0 Å². The number of nitrogens with zero attached hydrogens (tertiary/aromatic N) is 2. The first-order valence-electron chi connectivity index (χ1n) is 4.25. The molecular formula is C10H10N2. The van der Waals surface area contributed by atoms with Crippen LogP contribution in [0.2, 0.25) is 0 Å². The van der Waals surface area contributed by atoms with Crippen molar-refractivity contribution in [2.45, 2.75) is 25.7 Å². The summed E-state index contributed by atoms with van der Waals surface area (Å²) < 4.78 is 0. The van der Waals surface area contributed by atoms with Gasteiger partial charge in [-0.3, -0.25) is 4.98 Å². The largest absolute Gasteiger partial charge is 0.273 e. The molecule has 0 bridgehead atoms. The van der Waals surface area contributed by atoms with Crippen molar-refractivity contribution in [2.24, 2.45) is 0 Å². The minimum absolute atomic E-state index is 0.677. The molecule has 0 saturated heterocycles. The fraction of sp³-hybridized carbons (Fsp3) is 0.400.